The van der Waals surface area contributed by atoms with Crippen LogP contribution in [0.1, 0.15) is 21.7 Å². The Balaban J connectivity index is 1.65. The number of carbonyl (C=O) groups is 2. The van der Waals surface area contributed by atoms with Gasteiger partial charge in [0.2, 0.25) is 5.76 Å². The molecule has 0 bridgehead atoms. The van der Waals surface area contributed by atoms with Crippen LogP contribution in [-0.2, 0) is 16.1 Å². The summed E-state index contributed by atoms with van der Waals surface area (Å²) in [5.41, 5.74) is 1.85. The van der Waals surface area contributed by atoms with Crippen LogP contribution in [0.3, 0.4) is 0 Å². The lowest BCUT2D eigenvalue weighted by Crippen LogP contribution is -2.30. The van der Waals surface area contributed by atoms with Crippen LogP contribution in [-0.4, -0.2) is 30.4 Å². The van der Waals surface area contributed by atoms with Gasteiger partial charge in [-0.15, -0.1) is 0 Å². The minimum atomic E-state index is -0.851. The Morgan fingerprint density at radius 2 is 1.81 bits per heavy atom. The molecular weight excluding hydrogens is 346 g/mol. The summed E-state index contributed by atoms with van der Waals surface area (Å²) in [5, 5.41) is 0.394. The zero-order valence-corrected chi connectivity index (χ0v) is 15.1. The molecule has 0 spiro atoms. The van der Waals surface area contributed by atoms with Crippen molar-refractivity contribution in [2.75, 3.05) is 13.7 Å². The van der Waals surface area contributed by atoms with E-state index in [2.05, 4.69) is 0 Å². The first-order valence-corrected chi connectivity index (χ1v) is 8.43. The molecule has 3 aromatic rings. The Kier molecular flexibility index (Phi) is 5.35. The molecule has 3 rings (SSSR count). The molecule has 0 N–H and O–H groups in total. The molecule has 0 aliphatic rings. The zero-order chi connectivity index (χ0) is 19.4. The number of hydrogen-bond acceptors (Lipinski definition) is 5. The Hall–Kier alpha value is -3.41. The highest BCUT2D eigenvalue weighted by Gasteiger charge is 2.17. The van der Waals surface area contributed by atoms with E-state index in [4.69, 9.17) is 9.15 Å². The lowest BCUT2D eigenvalue weighted by molar-refractivity contribution is -0.133. The molecule has 1 amide bonds. The molecule has 2 aromatic carbocycles. The fraction of sp³-hybridized carbons (Fsp3) is 0.190. The monoisotopic (exact) mass is 365 g/mol. The molecule has 138 valence electrons. The van der Waals surface area contributed by atoms with Crippen LogP contribution in [0.4, 0.5) is 0 Å². The fourth-order valence-corrected chi connectivity index (χ4v) is 2.62. The van der Waals surface area contributed by atoms with E-state index < -0.39 is 12.6 Å². The summed E-state index contributed by atoms with van der Waals surface area (Å²) in [6.07, 6.45) is 0. The van der Waals surface area contributed by atoms with E-state index in [1.807, 2.05) is 37.3 Å². The summed E-state index contributed by atoms with van der Waals surface area (Å²) in [7, 11) is 1.63. The van der Waals surface area contributed by atoms with Crippen LogP contribution >= 0.6 is 0 Å². The van der Waals surface area contributed by atoms with Gasteiger partial charge in [0.1, 0.15) is 5.58 Å². The highest BCUT2D eigenvalue weighted by Crippen LogP contribution is 2.15. The van der Waals surface area contributed by atoms with Gasteiger partial charge in [0.25, 0.3) is 5.91 Å². The number of aryl methyl sites for hydroxylation is 1. The van der Waals surface area contributed by atoms with Gasteiger partial charge in [0, 0.05) is 19.7 Å². The third-order valence-corrected chi connectivity index (χ3v) is 4.10. The molecule has 0 saturated heterocycles. The first-order chi connectivity index (χ1) is 12.9. The molecule has 1 aromatic heterocycles. The highest BCUT2D eigenvalue weighted by molar-refractivity contribution is 5.90. The predicted octanol–water partition coefficient (Wildman–Crippen LogP) is 2.92. The van der Waals surface area contributed by atoms with Crippen LogP contribution < -0.4 is 5.43 Å². The van der Waals surface area contributed by atoms with Crippen LogP contribution in [0.25, 0.3) is 11.0 Å². The number of benzene rings is 2. The molecule has 1 heterocycles. The Labute approximate surface area is 156 Å². The van der Waals surface area contributed by atoms with Crippen molar-refractivity contribution in [1.82, 2.24) is 4.90 Å². The second-order valence-corrected chi connectivity index (χ2v) is 6.29. The number of ether oxygens (including phenoxy) is 1. The smallest absolute Gasteiger partial charge is 0.374 e. The molecule has 6 nitrogen and oxygen atoms in total. The fourth-order valence-electron chi connectivity index (χ4n) is 2.62. The Morgan fingerprint density at radius 1 is 1.07 bits per heavy atom. The van der Waals surface area contributed by atoms with Gasteiger partial charge in [-0.05, 0) is 24.6 Å². The van der Waals surface area contributed by atoms with E-state index in [-0.39, 0.29) is 17.1 Å². The van der Waals surface area contributed by atoms with Crippen molar-refractivity contribution < 1.29 is 18.7 Å². The summed E-state index contributed by atoms with van der Waals surface area (Å²) >= 11 is 0. The number of nitrogens with zero attached hydrogens (tertiary/aromatic N) is 1. The summed E-state index contributed by atoms with van der Waals surface area (Å²) in [6.45, 7) is 1.83. The van der Waals surface area contributed by atoms with Gasteiger partial charge in [0.05, 0.1) is 5.39 Å². The average molecular weight is 365 g/mol. The number of hydrogen-bond donors (Lipinski definition) is 0. The van der Waals surface area contributed by atoms with Gasteiger partial charge in [-0.1, -0.05) is 42.0 Å². The summed E-state index contributed by atoms with van der Waals surface area (Å²) < 4.78 is 10.5. The van der Waals surface area contributed by atoms with Gasteiger partial charge in [-0.3, -0.25) is 9.59 Å². The molecule has 6 heteroatoms. The number of carbonyl (C=O) groups excluding carboxylic acids is 2. The number of fused-ring (bicyclic) bond motifs is 1. The lowest BCUT2D eigenvalue weighted by Gasteiger charge is -2.17. The standard InChI is InChI=1S/C21H19NO5/c1-14-8-9-18-16(10-14)17(23)11-19(27-18)21(25)26-13-20(24)22(2)12-15-6-4-3-5-7-15/h3-11H,12-13H2,1-2H3. The van der Waals surface area contributed by atoms with Gasteiger partial charge in [0.15, 0.2) is 12.0 Å². The molecule has 0 atom stereocenters. The van der Waals surface area contributed by atoms with E-state index in [1.54, 1.807) is 25.2 Å². The molecule has 27 heavy (non-hydrogen) atoms. The first kappa shape index (κ1) is 18.4. The van der Waals surface area contributed by atoms with Gasteiger partial charge in [-0.25, -0.2) is 4.79 Å². The molecule has 0 aliphatic carbocycles. The van der Waals surface area contributed by atoms with Crippen molar-refractivity contribution in [3.8, 4) is 0 Å². The number of rotatable bonds is 5. The average Bonchev–Trinajstić information content (AvgIpc) is 2.67. The largest absolute Gasteiger partial charge is 0.450 e. The van der Waals surface area contributed by atoms with Crippen molar-refractivity contribution >= 4 is 22.8 Å². The van der Waals surface area contributed by atoms with Crippen LogP contribution in [0, 0.1) is 6.92 Å². The zero-order valence-electron chi connectivity index (χ0n) is 15.1. The molecule has 0 radical (unpaired) electrons. The van der Waals surface area contributed by atoms with Crippen LogP contribution in [0.15, 0.2) is 63.8 Å². The van der Waals surface area contributed by atoms with E-state index >= 15 is 0 Å². The van der Waals surface area contributed by atoms with Crippen molar-refractivity contribution in [2.45, 2.75) is 13.5 Å². The van der Waals surface area contributed by atoms with Crippen molar-refractivity contribution in [3.63, 3.8) is 0 Å². The van der Waals surface area contributed by atoms with E-state index in [0.717, 1.165) is 17.2 Å². The third kappa shape index (κ3) is 4.41. The number of likely N-dealkylation sites (N-methyl/N-ethyl adjacent to an activating group) is 1. The topological polar surface area (TPSA) is 76.8 Å². The maximum Gasteiger partial charge on any atom is 0.374 e. The second-order valence-electron chi connectivity index (χ2n) is 6.29. The van der Waals surface area contributed by atoms with Crippen LogP contribution in [0.2, 0.25) is 0 Å². The second kappa shape index (κ2) is 7.86. The minimum absolute atomic E-state index is 0.227. The van der Waals surface area contributed by atoms with Crippen molar-refractivity contribution in [3.05, 3.63) is 81.7 Å². The predicted molar refractivity (Wildman–Crippen MR) is 100 cm³/mol. The first-order valence-electron chi connectivity index (χ1n) is 8.43. The van der Waals surface area contributed by atoms with Gasteiger partial charge in [-0.2, -0.15) is 0 Å². The maximum absolute atomic E-state index is 12.2. The summed E-state index contributed by atoms with van der Waals surface area (Å²) in [5.74, 6) is -1.43. The minimum Gasteiger partial charge on any atom is -0.450 e. The molecule has 0 fully saturated rings. The highest BCUT2D eigenvalue weighted by atomic mass is 16.5. The SMILES string of the molecule is Cc1ccc2oc(C(=O)OCC(=O)N(C)Cc3ccccc3)cc(=O)c2c1. The molecule has 0 saturated carbocycles. The normalized spacial score (nSPS) is 10.6. The molecule has 0 unspecified atom stereocenters. The quantitative estimate of drug-likeness (QED) is 0.650. The van der Waals surface area contributed by atoms with E-state index in [0.29, 0.717) is 17.5 Å². The summed E-state index contributed by atoms with van der Waals surface area (Å²) in [4.78, 5) is 37.9. The van der Waals surface area contributed by atoms with E-state index in [9.17, 15) is 14.4 Å². The molecule has 0 aliphatic heterocycles. The lowest BCUT2D eigenvalue weighted by atomic mass is 10.1. The Bertz CT molecular complexity index is 1040. The molecular formula is C21H19NO5. The van der Waals surface area contributed by atoms with Crippen molar-refractivity contribution in [1.29, 1.82) is 0 Å². The number of amides is 1. The Morgan fingerprint density at radius 3 is 2.56 bits per heavy atom. The maximum atomic E-state index is 12.2. The van der Waals surface area contributed by atoms with Gasteiger partial charge < -0.3 is 14.1 Å². The summed E-state index contributed by atoms with van der Waals surface area (Å²) in [6, 6.07) is 15.7. The van der Waals surface area contributed by atoms with Crippen molar-refractivity contribution in [2.24, 2.45) is 0 Å². The number of esters is 1. The third-order valence-electron chi connectivity index (χ3n) is 4.10. The van der Waals surface area contributed by atoms with E-state index in [1.165, 1.54) is 4.90 Å². The van der Waals surface area contributed by atoms with Crippen LogP contribution in [0.5, 0.6) is 0 Å². The van der Waals surface area contributed by atoms with Gasteiger partial charge >= 0.3 is 5.97 Å².